The van der Waals surface area contributed by atoms with Crippen molar-refractivity contribution in [2.24, 2.45) is 11.5 Å². The summed E-state index contributed by atoms with van der Waals surface area (Å²) in [4.78, 5) is 16.3. The Morgan fingerprint density at radius 1 is 0.857 bits per heavy atom. The molecule has 1 aliphatic rings. The molecule has 35 heavy (non-hydrogen) atoms. The highest BCUT2D eigenvalue weighted by Crippen LogP contribution is 2.40. The molecule has 0 aliphatic heterocycles. The zero-order valence-corrected chi connectivity index (χ0v) is 19.2. The molecule has 0 saturated heterocycles. The monoisotopic (exact) mass is 459 g/mol. The van der Waals surface area contributed by atoms with Gasteiger partial charge in [-0.15, -0.1) is 0 Å². The lowest BCUT2D eigenvalue weighted by molar-refractivity contribution is 0.100. The molecule has 6 heteroatoms. The first-order valence-electron chi connectivity index (χ1n) is 11.8. The Bertz CT molecular complexity index is 1550. The van der Waals surface area contributed by atoms with Gasteiger partial charge in [-0.25, -0.2) is 9.50 Å². The fourth-order valence-corrected chi connectivity index (χ4v) is 4.80. The van der Waals surface area contributed by atoms with Crippen molar-refractivity contribution < 1.29 is 4.79 Å². The number of nitrogens with two attached hydrogens (primary N) is 2. The Morgan fingerprint density at radius 2 is 1.60 bits per heavy atom. The fraction of sp³-hybridized carbons (Fsp3) is 0.138. The molecule has 2 aromatic heterocycles. The first kappa shape index (κ1) is 21.3. The Balaban J connectivity index is 1.53. The van der Waals surface area contributed by atoms with Crippen LogP contribution in [0.4, 0.5) is 0 Å². The Labute approximate surface area is 203 Å². The van der Waals surface area contributed by atoms with Crippen LogP contribution in [0.1, 0.15) is 35.2 Å². The van der Waals surface area contributed by atoms with Crippen molar-refractivity contribution in [1.82, 2.24) is 14.6 Å². The molecule has 3 aromatic carbocycles. The van der Waals surface area contributed by atoms with E-state index in [0.29, 0.717) is 5.56 Å². The van der Waals surface area contributed by atoms with Gasteiger partial charge < -0.3 is 11.5 Å². The third kappa shape index (κ3) is 3.68. The molecule has 1 amide bonds. The normalized spacial score (nSPS) is 14.5. The number of imidazole rings is 1. The van der Waals surface area contributed by atoms with Crippen LogP contribution < -0.4 is 11.5 Å². The minimum atomic E-state index is -0.468. The highest BCUT2D eigenvalue weighted by molar-refractivity contribution is 5.94. The van der Waals surface area contributed by atoms with E-state index in [1.807, 2.05) is 34.8 Å². The Hall–Kier alpha value is -4.29. The van der Waals surface area contributed by atoms with Gasteiger partial charge in [0.1, 0.15) is 0 Å². The molecule has 0 spiro atoms. The smallest absolute Gasteiger partial charge is 0.248 e. The summed E-state index contributed by atoms with van der Waals surface area (Å²) in [6, 6.07) is 27.9. The maximum absolute atomic E-state index is 11.7. The van der Waals surface area contributed by atoms with Crippen LogP contribution in [0.25, 0.3) is 39.3 Å². The molecule has 172 valence electrons. The first-order chi connectivity index (χ1) is 17.0. The second kappa shape index (κ2) is 8.18. The van der Waals surface area contributed by atoms with E-state index in [1.54, 1.807) is 18.3 Å². The van der Waals surface area contributed by atoms with E-state index in [1.165, 1.54) is 12.0 Å². The summed E-state index contributed by atoms with van der Waals surface area (Å²) < 4.78 is 1.83. The number of primary amides is 1. The average molecular weight is 460 g/mol. The minimum Gasteiger partial charge on any atom is -0.366 e. The van der Waals surface area contributed by atoms with Crippen LogP contribution in [0, 0.1) is 0 Å². The summed E-state index contributed by atoms with van der Waals surface area (Å²) in [5, 5.41) is 5.07. The van der Waals surface area contributed by atoms with E-state index in [-0.39, 0.29) is 5.54 Å². The van der Waals surface area contributed by atoms with Crippen molar-refractivity contribution in [2.45, 2.75) is 24.8 Å². The average Bonchev–Trinajstić information content (AvgIpc) is 3.30. The quantitative estimate of drug-likeness (QED) is 0.379. The molecule has 5 aromatic rings. The van der Waals surface area contributed by atoms with Gasteiger partial charge in [-0.2, -0.15) is 5.10 Å². The summed E-state index contributed by atoms with van der Waals surface area (Å²) in [6.07, 6.45) is 5.00. The van der Waals surface area contributed by atoms with Crippen LogP contribution in [-0.4, -0.2) is 20.5 Å². The number of hydrogen-bond donors (Lipinski definition) is 2. The van der Waals surface area contributed by atoms with Crippen molar-refractivity contribution in [3.8, 4) is 33.6 Å². The number of benzene rings is 3. The van der Waals surface area contributed by atoms with Gasteiger partial charge >= 0.3 is 0 Å². The first-order valence-corrected chi connectivity index (χ1v) is 11.8. The highest BCUT2D eigenvalue weighted by Gasteiger charge is 2.34. The van der Waals surface area contributed by atoms with Crippen molar-refractivity contribution >= 4 is 11.6 Å². The van der Waals surface area contributed by atoms with Crippen molar-refractivity contribution in [3.05, 3.63) is 102 Å². The lowest BCUT2D eigenvalue weighted by Gasteiger charge is -2.38. The number of amides is 1. The van der Waals surface area contributed by atoms with E-state index >= 15 is 0 Å². The maximum atomic E-state index is 11.7. The second-order valence-corrected chi connectivity index (χ2v) is 9.22. The third-order valence-electron chi connectivity index (χ3n) is 7.00. The lowest BCUT2D eigenvalue weighted by atomic mass is 9.72. The van der Waals surface area contributed by atoms with Crippen molar-refractivity contribution in [1.29, 1.82) is 0 Å². The van der Waals surface area contributed by atoms with E-state index < -0.39 is 5.91 Å². The lowest BCUT2D eigenvalue weighted by Crippen LogP contribution is -2.43. The van der Waals surface area contributed by atoms with Gasteiger partial charge in [0, 0.05) is 27.8 Å². The van der Waals surface area contributed by atoms with Crippen LogP contribution in [0.5, 0.6) is 0 Å². The number of carbonyl (C=O) groups is 1. The molecule has 1 fully saturated rings. The maximum Gasteiger partial charge on any atom is 0.248 e. The zero-order valence-electron chi connectivity index (χ0n) is 19.2. The minimum absolute atomic E-state index is 0.207. The summed E-state index contributed by atoms with van der Waals surface area (Å²) in [5.74, 6) is -0.468. The van der Waals surface area contributed by atoms with E-state index in [9.17, 15) is 4.79 Å². The zero-order chi connectivity index (χ0) is 24.0. The SMILES string of the molecule is NC(=O)c1cccc(-c2cnc3cc(-c4ccccc4)c(-c4ccc(C5(N)CCC5)cc4)nn23)c1. The topological polar surface area (TPSA) is 99.3 Å². The van der Waals surface area contributed by atoms with Gasteiger partial charge in [-0.05, 0) is 48.6 Å². The summed E-state index contributed by atoms with van der Waals surface area (Å²) in [5.41, 5.74) is 19.7. The van der Waals surface area contributed by atoms with E-state index in [0.717, 1.165) is 52.1 Å². The van der Waals surface area contributed by atoms with Crippen molar-refractivity contribution in [2.75, 3.05) is 0 Å². The summed E-state index contributed by atoms with van der Waals surface area (Å²) >= 11 is 0. The molecule has 0 bridgehead atoms. The third-order valence-corrected chi connectivity index (χ3v) is 7.00. The molecule has 0 unspecified atom stereocenters. The van der Waals surface area contributed by atoms with Gasteiger partial charge in [-0.3, -0.25) is 4.79 Å². The van der Waals surface area contributed by atoms with Gasteiger partial charge in [0.2, 0.25) is 5.91 Å². The van der Waals surface area contributed by atoms with Crippen molar-refractivity contribution in [3.63, 3.8) is 0 Å². The number of nitrogens with zero attached hydrogens (tertiary/aromatic N) is 3. The predicted octanol–water partition coefficient (Wildman–Crippen LogP) is 5.17. The molecule has 1 aliphatic carbocycles. The standard InChI is InChI=1S/C29H25N5O/c30-28(35)22-9-4-8-21(16-22)25-18-32-26-17-24(19-6-2-1-3-7-19)27(33-34(25)26)20-10-12-23(13-11-20)29(31)14-5-15-29/h1-4,6-13,16-18H,5,14-15,31H2,(H2,30,35). The largest absolute Gasteiger partial charge is 0.366 e. The Morgan fingerprint density at radius 3 is 2.29 bits per heavy atom. The molecule has 0 radical (unpaired) electrons. The summed E-state index contributed by atoms with van der Waals surface area (Å²) in [6.45, 7) is 0. The molecular formula is C29H25N5O. The fourth-order valence-electron chi connectivity index (χ4n) is 4.80. The van der Waals surface area contributed by atoms with Crippen LogP contribution >= 0.6 is 0 Å². The highest BCUT2D eigenvalue weighted by atomic mass is 16.1. The van der Waals surface area contributed by atoms with Gasteiger partial charge in [0.05, 0.1) is 17.6 Å². The molecule has 6 nitrogen and oxygen atoms in total. The van der Waals surface area contributed by atoms with Gasteiger partial charge in [0.15, 0.2) is 5.65 Å². The molecule has 0 atom stereocenters. The van der Waals surface area contributed by atoms with Gasteiger partial charge in [-0.1, -0.05) is 66.7 Å². The molecule has 6 rings (SSSR count). The Kier molecular flexibility index (Phi) is 4.97. The second-order valence-electron chi connectivity index (χ2n) is 9.22. The van der Waals surface area contributed by atoms with E-state index in [2.05, 4.69) is 47.4 Å². The predicted molar refractivity (Wildman–Crippen MR) is 138 cm³/mol. The molecule has 1 saturated carbocycles. The van der Waals surface area contributed by atoms with Gasteiger partial charge in [0.25, 0.3) is 0 Å². The number of aromatic nitrogens is 3. The van der Waals surface area contributed by atoms with Crippen LogP contribution in [-0.2, 0) is 5.54 Å². The molecule has 4 N–H and O–H groups in total. The molecular weight excluding hydrogens is 434 g/mol. The number of carbonyl (C=O) groups excluding carboxylic acids is 1. The van der Waals surface area contributed by atoms with Crippen LogP contribution in [0.15, 0.2) is 91.1 Å². The number of hydrogen-bond acceptors (Lipinski definition) is 4. The summed E-state index contributed by atoms with van der Waals surface area (Å²) in [7, 11) is 0. The van der Waals surface area contributed by atoms with Crippen LogP contribution in [0.3, 0.4) is 0 Å². The number of fused-ring (bicyclic) bond motifs is 1. The number of rotatable bonds is 5. The molecule has 2 heterocycles. The van der Waals surface area contributed by atoms with Crippen LogP contribution in [0.2, 0.25) is 0 Å². The van der Waals surface area contributed by atoms with E-state index in [4.69, 9.17) is 16.6 Å².